The van der Waals surface area contributed by atoms with Crippen LogP contribution in [0.3, 0.4) is 0 Å². The summed E-state index contributed by atoms with van der Waals surface area (Å²) < 4.78 is 18.3. The van der Waals surface area contributed by atoms with Crippen molar-refractivity contribution in [3.8, 4) is 11.5 Å². The number of carbonyl (C=O) groups excluding carboxylic acids is 1. The van der Waals surface area contributed by atoms with Gasteiger partial charge in [0.1, 0.15) is 5.76 Å². The smallest absolute Gasteiger partial charge is 0.274 e. The zero-order chi connectivity index (χ0) is 22.1. The molecule has 1 aliphatic heterocycles. The van der Waals surface area contributed by atoms with Crippen molar-refractivity contribution in [3.05, 3.63) is 64.9 Å². The Morgan fingerprint density at radius 2 is 2.16 bits per heavy atom. The van der Waals surface area contributed by atoms with Gasteiger partial charge in [-0.05, 0) is 56.0 Å². The van der Waals surface area contributed by atoms with Gasteiger partial charge in [0, 0.05) is 37.4 Å². The number of nitrogens with one attached hydrogen (secondary N) is 1. The van der Waals surface area contributed by atoms with Crippen LogP contribution in [0, 0.1) is 0 Å². The van der Waals surface area contributed by atoms with E-state index < -0.39 is 0 Å². The molecule has 2 aromatic heterocycles. The van der Waals surface area contributed by atoms with Gasteiger partial charge >= 0.3 is 0 Å². The summed E-state index contributed by atoms with van der Waals surface area (Å²) in [7, 11) is 1.79. The summed E-state index contributed by atoms with van der Waals surface area (Å²) in [4.78, 5) is 14.9. The lowest BCUT2D eigenvalue weighted by Gasteiger charge is -2.25. The predicted octanol–water partition coefficient (Wildman–Crippen LogP) is 3.14. The molecule has 0 saturated heterocycles. The van der Waals surface area contributed by atoms with E-state index in [1.165, 1.54) is 5.69 Å². The normalized spacial score (nSPS) is 16.8. The molecule has 8 heteroatoms. The summed E-state index contributed by atoms with van der Waals surface area (Å²) in [6.07, 6.45) is 4.33. The molecule has 8 nitrogen and oxygen atoms in total. The Hall–Kier alpha value is -3.26. The minimum absolute atomic E-state index is 0.0683. The van der Waals surface area contributed by atoms with Crippen molar-refractivity contribution in [3.63, 3.8) is 0 Å². The van der Waals surface area contributed by atoms with Crippen molar-refractivity contribution < 1.29 is 18.7 Å². The lowest BCUT2D eigenvalue weighted by atomic mass is 9.91. The maximum absolute atomic E-state index is 13.2. The van der Waals surface area contributed by atoms with Crippen molar-refractivity contribution in [1.29, 1.82) is 0 Å². The second kappa shape index (κ2) is 8.70. The summed E-state index contributed by atoms with van der Waals surface area (Å²) in [6, 6.07) is 10.0. The average molecular weight is 437 g/mol. The van der Waals surface area contributed by atoms with Crippen LogP contribution < -0.4 is 14.8 Å². The summed E-state index contributed by atoms with van der Waals surface area (Å²) in [5.74, 6) is 2.28. The number of ether oxygens (including phenoxy) is 2. The van der Waals surface area contributed by atoms with E-state index in [2.05, 4.69) is 23.4 Å². The Morgan fingerprint density at radius 3 is 2.97 bits per heavy atom. The third kappa shape index (κ3) is 3.98. The van der Waals surface area contributed by atoms with Crippen molar-refractivity contribution in [2.24, 2.45) is 0 Å². The number of carbonyl (C=O) groups is 1. The number of benzene rings is 1. The van der Waals surface area contributed by atoms with Gasteiger partial charge in [0.05, 0.1) is 12.8 Å². The molecule has 0 spiro atoms. The van der Waals surface area contributed by atoms with Crippen LogP contribution in [0.5, 0.6) is 11.5 Å². The number of fused-ring (bicyclic) bond motifs is 2. The van der Waals surface area contributed by atoms with Gasteiger partial charge in [-0.2, -0.15) is 5.10 Å². The van der Waals surface area contributed by atoms with Crippen molar-refractivity contribution in [1.82, 2.24) is 20.0 Å². The first-order chi connectivity index (χ1) is 15.6. The van der Waals surface area contributed by atoms with Crippen LogP contribution in [0.1, 0.15) is 46.4 Å². The van der Waals surface area contributed by atoms with Crippen molar-refractivity contribution >= 4 is 5.91 Å². The van der Waals surface area contributed by atoms with Crippen LogP contribution in [-0.4, -0.2) is 40.5 Å². The Kier molecular flexibility index (Phi) is 5.61. The van der Waals surface area contributed by atoms with Crippen molar-refractivity contribution in [2.45, 2.75) is 51.9 Å². The number of rotatable bonds is 7. The molecule has 2 aliphatic rings. The molecule has 3 heterocycles. The first kappa shape index (κ1) is 20.6. The molecule has 3 aromatic rings. The zero-order valence-corrected chi connectivity index (χ0v) is 18.5. The number of furan rings is 1. The highest BCUT2D eigenvalue weighted by atomic mass is 16.7. The summed E-state index contributed by atoms with van der Waals surface area (Å²) in [5, 5.41) is 8.34. The van der Waals surface area contributed by atoms with Crippen LogP contribution in [0.15, 0.2) is 41.0 Å². The highest BCUT2D eigenvalue weighted by Crippen LogP contribution is 2.32. The monoisotopic (exact) mass is 436 g/mol. The quantitative estimate of drug-likeness (QED) is 0.613. The zero-order valence-electron chi connectivity index (χ0n) is 18.5. The number of nitrogens with zero attached hydrogens (tertiary/aromatic N) is 3. The van der Waals surface area contributed by atoms with Gasteiger partial charge < -0.3 is 24.1 Å². The Morgan fingerprint density at radius 1 is 1.28 bits per heavy atom. The van der Waals surface area contributed by atoms with Gasteiger partial charge in [-0.1, -0.05) is 6.07 Å². The molecule has 0 bridgehead atoms. The van der Waals surface area contributed by atoms with Crippen LogP contribution in [0.4, 0.5) is 0 Å². The molecule has 5 rings (SSSR count). The Balaban J connectivity index is 1.29. The van der Waals surface area contributed by atoms with E-state index in [1.54, 1.807) is 18.2 Å². The van der Waals surface area contributed by atoms with E-state index in [0.717, 1.165) is 60.7 Å². The molecular formula is C24H28N4O4. The molecule has 1 aliphatic carbocycles. The lowest BCUT2D eigenvalue weighted by Crippen LogP contribution is -2.35. The fourth-order valence-electron chi connectivity index (χ4n) is 4.50. The predicted molar refractivity (Wildman–Crippen MR) is 118 cm³/mol. The number of aryl methyl sites for hydroxylation is 1. The standard InChI is InChI=1S/C24H28N4O4/c1-3-28-20-8-7-17(25-13-16-6-9-21-22(11-16)32-15-31-21)12-19(20)23(26-28)24(29)27(2)14-18-5-4-10-30-18/h4-6,9-11,17,25H,3,7-8,12-15H2,1-2H3/t17-/m1/s1. The molecule has 1 aromatic carbocycles. The molecule has 1 atom stereocenters. The average Bonchev–Trinajstić information content (AvgIpc) is 3.56. The molecule has 0 radical (unpaired) electrons. The molecule has 1 amide bonds. The van der Waals surface area contributed by atoms with Gasteiger partial charge in [-0.25, -0.2) is 0 Å². The molecule has 0 fully saturated rings. The molecule has 168 valence electrons. The summed E-state index contributed by atoms with van der Waals surface area (Å²) >= 11 is 0. The Bertz CT molecular complexity index is 1110. The third-order valence-electron chi connectivity index (χ3n) is 6.20. The number of hydrogen-bond acceptors (Lipinski definition) is 6. The summed E-state index contributed by atoms with van der Waals surface area (Å²) in [6.45, 7) is 4.26. The maximum Gasteiger partial charge on any atom is 0.274 e. The first-order valence-corrected chi connectivity index (χ1v) is 11.1. The van der Waals surface area contributed by atoms with Gasteiger partial charge in [-0.15, -0.1) is 0 Å². The minimum atomic E-state index is -0.0683. The SMILES string of the molecule is CCn1nc(C(=O)N(C)Cc2ccco2)c2c1CC[C@@H](NCc1ccc3c(c1)OCO3)C2. The molecule has 1 N–H and O–H groups in total. The number of amides is 1. The topological polar surface area (TPSA) is 81.8 Å². The molecular weight excluding hydrogens is 408 g/mol. The van der Waals surface area contributed by atoms with Crippen molar-refractivity contribution in [2.75, 3.05) is 13.8 Å². The highest BCUT2D eigenvalue weighted by molar-refractivity contribution is 5.94. The number of aromatic nitrogens is 2. The van der Waals surface area contributed by atoms with Crippen LogP contribution in [0.25, 0.3) is 0 Å². The third-order valence-corrected chi connectivity index (χ3v) is 6.20. The maximum atomic E-state index is 13.2. The Labute approximate surface area is 187 Å². The highest BCUT2D eigenvalue weighted by Gasteiger charge is 2.30. The van der Waals surface area contributed by atoms with Crippen LogP contribution in [-0.2, 0) is 32.5 Å². The van der Waals surface area contributed by atoms with Gasteiger partial charge in [-0.3, -0.25) is 9.48 Å². The molecule has 0 saturated carbocycles. The summed E-state index contributed by atoms with van der Waals surface area (Å²) in [5.41, 5.74) is 3.96. The van der Waals surface area contributed by atoms with Gasteiger partial charge in [0.2, 0.25) is 6.79 Å². The number of hydrogen-bond donors (Lipinski definition) is 1. The first-order valence-electron chi connectivity index (χ1n) is 11.1. The molecule has 0 unspecified atom stereocenters. The van der Waals surface area contributed by atoms with Crippen LogP contribution >= 0.6 is 0 Å². The van der Waals surface area contributed by atoms with E-state index >= 15 is 0 Å². The molecule has 32 heavy (non-hydrogen) atoms. The second-order valence-electron chi connectivity index (χ2n) is 8.34. The van der Waals surface area contributed by atoms with E-state index in [0.29, 0.717) is 12.2 Å². The fourth-order valence-corrected chi connectivity index (χ4v) is 4.50. The fraction of sp³-hybridized carbons (Fsp3) is 0.417. The van der Waals surface area contributed by atoms with E-state index in [9.17, 15) is 4.79 Å². The van der Waals surface area contributed by atoms with E-state index in [-0.39, 0.29) is 18.7 Å². The van der Waals surface area contributed by atoms with Crippen LogP contribution in [0.2, 0.25) is 0 Å². The lowest BCUT2D eigenvalue weighted by molar-refractivity contribution is 0.0767. The van der Waals surface area contributed by atoms with Gasteiger partial charge in [0.15, 0.2) is 17.2 Å². The van der Waals surface area contributed by atoms with Gasteiger partial charge in [0.25, 0.3) is 5.91 Å². The van der Waals surface area contributed by atoms with E-state index in [1.807, 2.05) is 28.9 Å². The second-order valence-corrected chi connectivity index (χ2v) is 8.34. The minimum Gasteiger partial charge on any atom is -0.467 e. The van der Waals surface area contributed by atoms with E-state index in [4.69, 9.17) is 13.9 Å². The largest absolute Gasteiger partial charge is 0.467 e.